The number of alkyl halides is 2. The predicted molar refractivity (Wildman–Crippen MR) is 90.3 cm³/mol. The van der Waals surface area contributed by atoms with E-state index in [1.54, 1.807) is 13.8 Å². The van der Waals surface area contributed by atoms with E-state index in [1.807, 2.05) is 0 Å². The van der Waals surface area contributed by atoms with Crippen LogP contribution in [0, 0.1) is 17.0 Å². The number of rotatable bonds is 7. The molecule has 0 amide bonds. The molecule has 3 rings (SSSR count). The van der Waals surface area contributed by atoms with Crippen LogP contribution in [0.5, 0.6) is 0 Å². The van der Waals surface area contributed by atoms with Crippen LogP contribution in [-0.4, -0.2) is 34.7 Å². The molecule has 0 aliphatic heterocycles. The maximum atomic E-state index is 13.0. The first kappa shape index (κ1) is 19.1. The number of halogens is 3. The molecule has 1 unspecified atom stereocenters. The average molecular weight is 446 g/mol. The van der Waals surface area contributed by atoms with Gasteiger partial charge in [-0.2, -0.15) is 10.2 Å². The van der Waals surface area contributed by atoms with Gasteiger partial charge in [0, 0.05) is 13.0 Å². The number of hydrogen-bond acceptors (Lipinski definition) is 7. The van der Waals surface area contributed by atoms with Gasteiger partial charge in [-0.15, -0.1) is 10.2 Å². The first-order valence-electron chi connectivity index (χ1n) is 7.79. The van der Waals surface area contributed by atoms with Crippen molar-refractivity contribution in [2.24, 2.45) is 0 Å². The summed E-state index contributed by atoms with van der Waals surface area (Å²) in [5, 5.41) is 26.3. The smallest absolute Gasteiger partial charge is 0.306 e. The van der Waals surface area contributed by atoms with Gasteiger partial charge in [0.25, 0.3) is 6.43 Å². The largest absolute Gasteiger partial charge is 0.423 e. The Morgan fingerprint density at radius 1 is 1.41 bits per heavy atom. The lowest BCUT2D eigenvalue weighted by atomic mass is 10.3. The fourth-order valence-corrected chi connectivity index (χ4v) is 2.89. The Hall–Kier alpha value is -2.70. The molecule has 0 fully saturated rings. The highest BCUT2D eigenvalue weighted by Crippen LogP contribution is 2.31. The molecule has 13 heteroatoms. The molecular formula is C14H14BrF2N7O3. The molecule has 0 aliphatic carbocycles. The van der Waals surface area contributed by atoms with Crippen molar-refractivity contribution in [3.05, 3.63) is 50.2 Å². The molecule has 144 valence electrons. The van der Waals surface area contributed by atoms with E-state index in [2.05, 4.69) is 36.3 Å². The van der Waals surface area contributed by atoms with Crippen LogP contribution in [0.1, 0.15) is 42.6 Å². The SMILES string of the molecule is Cc1c(Br)c(C(F)F)nn1C(C)c1nnc(CCn2cc([N+](=O)[O-])cn2)o1. The lowest BCUT2D eigenvalue weighted by Crippen LogP contribution is -2.11. The van der Waals surface area contributed by atoms with E-state index in [-0.39, 0.29) is 21.7 Å². The minimum atomic E-state index is -2.71. The third kappa shape index (κ3) is 3.86. The van der Waals surface area contributed by atoms with E-state index >= 15 is 0 Å². The minimum Gasteiger partial charge on any atom is -0.423 e. The summed E-state index contributed by atoms with van der Waals surface area (Å²) in [6.45, 7) is 3.67. The Labute approximate surface area is 159 Å². The summed E-state index contributed by atoms with van der Waals surface area (Å²) in [6, 6.07) is -0.541. The third-order valence-electron chi connectivity index (χ3n) is 3.90. The summed E-state index contributed by atoms with van der Waals surface area (Å²) in [5.41, 5.74) is 0.0603. The van der Waals surface area contributed by atoms with Crippen LogP contribution in [0.15, 0.2) is 21.3 Å². The van der Waals surface area contributed by atoms with Crippen molar-refractivity contribution < 1.29 is 18.1 Å². The van der Waals surface area contributed by atoms with E-state index in [0.29, 0.717) is 24.6 Å². The summed E-state index contributed by atoms with van der Waals surface area (Å²) < 4.78 is 34.6. The van der Waals surface area contributed by atoms with Crippen LogP contribution in [-0.2, 0) is 13.0 Å². The van der Waals surface area contributed by atoms with Crippen molar-refractivity contribution in [1.29, 1.82) is 0 Å². The zero-order valence-electron chi connectivity index (χ0n) is 14.2. The van der Waals surface area contributed by atoms with E-state index in [4.69, 9.17) is 4.42 Å². The fraction of sp³-hybridized carbons (Fsp3) is 0.429. The lowest BCUT2D eigenvalue weighted by molar-refractivity contribution is -0.385. The van der Waals surface area contributed by atoms with Crippen LogP contribution in [0.3, 0.4) is 0 Å². The molecule has 3 aromatic rings. The molecule has 0 spiro atoms. The molecule has 0 saturated carbocycles. The Bertz CT molecular complexity index is 968. The maximum absolute atomic E-state index is 13.0. The highest BCUT2D eigenvalue weighted by Gasteiger charge is 2.25. The lowest BCUT2D eigenvalue weighted by Gasteiger charge is -2.09. The molecule has 0 aliphatic rings. The van der Waals surface area contributed by atoms with Gasteiger partial charge in [-0.25, -0.2) is 8.78 Å². The Kier molecular flexibility index (Phi) is 5.30. The Morgan fingerprint density at radius 3 is 2.74 bits per heavy atom. The van der Waals surface area contributed by atoms with Crippen LogP contribution in [0.25, 0.3) is 0 Å². The molecule has 1 atom stereocenters. The van der Waals surface area contributed by atoms with Gasteiger partial charge in [0.15, 0.2) is 0 Å². The summed E-state index contributed by atoms with van der Waals surface area (Å²) >= 11 is 3.12. The summed E-state index contributed by atoms with van der Waals surface area (Å²) in [4.78, 5) is 10.1. The summed E-state index contributed by atoms with van der Waals surface area (Å²) in [6.07, 6.45) is 0.0575. The van der Waals surface area contributed by atoms with Crippen LogP contribution in [0.4, 0.5) is 14.5 Å². The van der Waals surface area contributed by atoms with Crippen molar-refractivity contribution >= 4 is 21.6 Å². The number of aryl methyl sites for hydroxylation is 2. The highest BCUT2D eigenvalue weighted by atomic mass is 79.9. The van der Waals surface area contributed by atoms with E-state index in [0.717, 1.165) is 6.20 Å². The standard InChI is InChI=1S/C14H14BrF2N7O3/c1-7-11(15)12(13(16)17)21-23(7)8(2)14-20-19-10(27-14)3-4-22-6-9(5-18-22)24(25)26/h5-6,8,13H,3-4H2,1-2H3. The molecule has 10 nitrogen and oxygen atoms in total. The molecule has 0 saturated heterocycles. The van der Waals surface area contributed by atoms with Crippen molar-refractivity contribution in [3.63, 3.8) is 0 Å². The van der Waals surface area contributed by atoms with Gasteiger partial charge in [0.1, 0.15) is 24.1 Å². The molecule has 3 aromatic heterocycles. The molecular weight excluding hydrogens is 432 g/mol. The Morgan fingerprint density at radius 2 is 2.15 bits per heavy atom. The third-order valence-corrected chi connectivity index (χ3v) is 4.88. The van der Waals surface area contributed by atoms with Gasteiger partial charge in [0.05, 0.1) is 15.1 Å². The topological polar surface area (TPSA) is 118 Å². The molecule has 0 aromatic carbocycles. The van der Waals surface area contributed by atoms with Gasteiger partial charge < -0.3 is 4.42 Å². The van der Waals surface area contributed by atoms with E-state index < -0.39 is 17.4 Å². The van der Waals surface area contributed by atoms with Gasteiger partial charge in [-0.1, -0.05) is 0 Å². The minimum absolute atomic E-state index is 0.107. The summed E-state index contributed by atoms with van der Waals surface area (Å²) in [7, 11) is 0. The van der Waals surface area contributed by atoms with Crippen molar-refractivity contribution in [2.45, 2.75) is 39.3 Å². The van der Waals surface area contributed by atoms with Crippen LogP contribution >= 0.6 is 15.9 Å². The number of aromatic nitrogens is 6. The molecule has 0 bridgehead atoms. The normalized spacial score (nSPS) is 12.7. The van der Waals surface area contributed by atoms with Crippen molar-refractivity contribution in [1.82, 2.24) is 29.8 Å². The zero-order chi connectivity index (χ0) is 19.7. The number of nitro groups is 1. The second kappa shape index (κ2) is 7.50. The van der Waals surface area contributed by atoms with E-state index in [9.17, 15) is 18.9 Å². The number of hydrogen-bond donors (Lipinski definition) is 0. The van der Waals surface area contributed by atoms with Gasteiger partial charge >= 0.3 is 5.69 Å². The average Bonchev–Trinajstić information content (AvgIpc) is 3.33. The van der Waals surface area contributed by atoms with Crippen molar-refractivity contribution in [3.8, 4) is 0 Å². The molecule has 27 heavy (non-hydrogen) atoms. The van der Waals surface area contributed by atoms with Gasteiger partial charge in [-0.05, 0) is 29.8 Å². The zero-order valence-corrected chi connectivity index (χ0v) is 15.8. The van der Waals surface area contributed by atoms with E-state index in [1.165, 1.54) is 15.6 Å². The molecule has 0 radical (unpaired) electrons. The highest BCUT2D eigenvalue weighted by molar-refractivity contribution is 9.10. The monoisotopic (exact) mass is 445 g/mol. The fourth-order valence-electron chi connectivity index (χ4n) is 2.46. The van der Waals surface area contributed by atoms with Crippen molar-refractivity contribution in [2.75, 3.05) is 0 Å². The number of nitrogens with zero attached hydrogens (tertiary/aromatic N) is 7. The molecule has 0 N–H and O–H groups in total. The van der Waals surface area contributed by atoms with Crippen LogP contribution in [0.2, 0.25) is 0 Å². The predicted octanol–water partition coefficient (Wildman–Crippen LogP) is 3.23. The molecule has 3 heterocycles. The second-order valence-corrected chi connectivity index (χ2v) is 6.50. The van der Waals surface area contributed by atoms with Gasteiger partial charge in [0.2, 0.25) is 11.8 Å². The summed E-state index contributed by atoms with van der Waals surface area (Å²) in [5.74, 6) is 0.517. The first-order valence-corrected chi connectivity index (χ1v) is 8.59. The second-order valence-electron chi connectivity index (χ2n) is 5.71. The van der Waals surface area contributed by atoms with Gasteiger partial charge in [-0.3, -0.25) is 19.5 Å². The van der Waals surface area contributed by atoms with Crippen LogP contribution < -0.4 is 0 Å². The first-order chi connectivity index (χ1) is 12.8. The Balaban J connectivity index is 1.71. The quantitative estimate of drug-likeness (QED) is 0.404. The maximum Gasteiger partial charge on any atom is 0.306 e.